The third kappa shape index (κ3) is 2.26. The number of thioether (sulfide) groups is 1. The van der Waals surface area contributed by atoms with E-state index < -0.39 is 0 Å². The Balaban J connectivity index is 3.41. The van der Waals surface area contributed by atoms with Gasteiger partial charge in [0.15, 0.2) is 5.78 Å². The molecule has 82 valence electrons. The standard InChI is InChI=1S/C11H14O3S/c1-6-4-8(7(2)12)11(14)9(5-15-3)10(6)13/h4,13-14H,5H2,1-3H3. The fraction of sp³-hybridized carbons (Fsp3) is 0.364. The summed E-state index contributed by atoms with van der Waals surface area (Å²) in [6.07, 6.45) is 1.87. The number of aromatic hydroxyl groups is 2. The van der Waals surface area contributed by atoms with Crippen molar-refractivity contribution in [2.45, 2.75) is 19.6 Å². The average Bonchev–Trinajstić information content (AvgIpc) is 2.18. The summed E-state index contributed by atoms with van der Waals surface area (Å²) in [5.41, 5.74) is 1.32. The van der Waals surface area contributed by atoms with Gasteiger partial charge in [-0.25, -0.2) is 0 Å². The third-order valence-electron chi connectivity index (χ3n) is 2.23. The maximum absolute atomic E-state index is 11.2. The predicted octanol–water partition coefficient (Wildman–Crippen LogP) is 2.47. The maximum Gasteiger partial charge on any atom is 0.163 e. The van der Waals surface area contributed by atoms with Gasteiger partial charge in [-0.05, 0) is 31.7 Å². The van der Waals surface area contributed by atoms with Crippen LogP contribution in [0.2, 0.25) is 0 Å². The molecule has 0 saturated heterocycles. The fourth-order valence-electron chi connectivity index (χ4n) is 1.42. The topological polar surface area (TPSA) is 57.5 Å². The summed E-state index contributed by atoms with van der Waals surface area (Å²) in [6, 6.07) is 1.51. The molecule has 4 heteroatoms. The molecule has 0 radical (unpaired) electrons. The molecule has 0 heterocycles. The first-order valence-electron chi connectivity index (χ1n) is 4.53. The first-order valence-corrected chi connectivity index (χ1v) is 5.92. The minimum absolute atomic E-state index is 0.0758. The van der Waals surface area contributed by atoms with E-state index in [9.17, 15) is 15.0 Å². The summed E-state index contributed by atoms with van der Waals surface area (Å²) < 4.78 is 0. The van der Waals surface area contributed by atoms with Crippen molar-refractivity contribution < 1.29 is 15.0 Å². The summed E-state index contributed by atoms with van der Waals surface area (Å²) in [6.45, 7) is 3.11. The normalized spacial score (nSPS) is 10.3. The molecule has 15 heavy (non-hydrogen) atoms. The quantitative estimate of drug-likeness (QED) is 0.777. The number of hydrogen-bond acceptors (Lipinski definition) is 4. The first-order chi connectivity index (χ1) is 6.99. The molecule has 0 bridgehead atoms. The van der Waals surface area contributed by atoms with Crippen molar-refractivity contribution in [3.05, 3.63) is 22.8 Å². The number of benzene rings is 1. The lowest BCUT2D eigenvalue weighted by Gasteiger charge is -2.11. The summed E-state index contributed by atoms with van der Waals surface area (Å²) in [5.74, 6) is 0.268. The zero-order valence-electron chi connectivity index (χ0n) is 9.00. The molecule has 0 aromatic heterocycles. The Hall–Kier alpha value is -1.16. The van der Waals surface area contributed by atoms with Gasteiger partial charge in [-0.15, -0.1) is 0 Å². The van der Waals surface area contributed by atoms with E-state index in [0.717, 1.165) is 0 Å². The maximum atomic E-state index is 11.2. The van der Waals surface area contributed by atoms with E-state index in [1.54, 1.807) is 6.92 Å². The van der Waals surface area contributed by atoms with Gasteiger partial charge in [0.25, 0.3) is 0 Å². The molecule has 3 nitrogen and oxygen atoms in total. The average molecular weight is 226 g/mol. The second kappa shape index (κ2) is 4.57. The van der Waals surface area contributed by atoms with E-state index in [4.69, 9.17) is 0 Å². The van der Waals surface area contributed by atoms with E-state index in [-0.39, 0.29) is 22.8 Å². The second-order valence-electron chi connectivity index (χ2n) is 3.41. The van der Waals surface area contributed by atoms with Gasteiger partial charge in [0.2, 0.25) is 0 Å². The van der Waals surface area contributed by atoms with Gasteiger partial charge < -0.3 is 10.2 Å². The largest absolute Gasteiger partial charge is 0.507 e. The summed E-state index contributed by atoms with van der Waals surface area (Å²) in [5, 5.41) is 19.5. The highest BCUT2D eigenvalue weighted by Crippen LogP contribution is 2.36. The van der Waals surface area contributed by atoms with Gasteiger partial charge in [0.05, 0.1) is 5.56 Å². The van der Waals surface area contributed by atoms with Crippen molar-refractivity contribution in [3.8, 4) is 11.5 Å². The van der Waals surface area contributed by atoms with Crippen molar-refractivity contribution in [3.63, 3.8) is 0 Å². The fourth-order valence-corrected chi connectivity index (χ4v) is 1.98. The lowest BCUT2D eigenvalue weighted by atomic mass is 10.0. The highest BCUT2D eigenvalue weighted by Gasteiger charge is 2.16. The molecule has 1 aromatic rings. The molecule has 1 aromatic carbocycles. The Morgan fingerprint density at radius 2 is 2.00 bits per heavy atom. The smallest absolute Gasteiger partial charge is 0.163 e. The van der Waals surface area contributed by atoms with Crippen LogP contribution in [0.5, 0.6) is 11.5 Å². The number of phenolic OH excluding ortho intramolecular Hbond substituents is 2. The summed E-state index contributed by atoms with van der Waals surface area (Å²) in [4.78, 5) is 11.2. The van der Waals surface area contributed by atoms with E-state index in [1.165, 1.54) is 24.8 Å². The number of ketones is 1. The van der Waals surface area contributed by atoms with Crippen LogP contribution in [-0.4, -0.2) is 22.3 Å². The van der Waals surface area contributed by atoms with Crippen LogP contribution >= 0.6 is 11.8 Å². The SMILES string of the molecule is CSCc1c(O)c(C)cc(C(C)=O)c1O. The van der Waals surface area contributed by atoms with Crippen molar-refractivity contribution >= 4 is 17.5 Å². The summed E-state index contributed by atoms with van der Waals surface area (Å²) >= 11 is 1.48. The Kier molecular flexibility index (Phi) is 3.63. The van der Waals surface area contributed by atoms with E-state index in [2.05, 4.69) is 0 Å². The van der Waals surface area contributed by atoms with Crippen LogP contribution in [0.3, 0.4) is 0 Å². The van der Waals surface area contributed by atoms with Crippen LogP contribution < -0.4 is 0 Å². The van der Waals surface area contributed by atoms with Gasteiger partial charge in [0, 0.05) is 11.3 Å². The van der Waals surface area contributed by atoms with Gasteiger partial charge >= 0.3 is 0 Å². The van der Waals surface area contributed by atoms with Crippen molar-refractivity contribution in [2.75, 3.05) is 6.26 Å². The van der Waals surface area contributed by atoms with Crippen LogP contribution in [0.15, 0.2) is 6.07 Å². The molecule has 0 saturated carbocycles. The highest BCUT2D eigenvalue weighted by molar-refractivity contribution is 7.97. The molecule has 0 aliphatic carbocycles. The van der Waals surface area contributed by atoms with Crippen LogP contribution in [0.1, 0.15) is 28.4 Å². The van der Waals surface area contributed by atoms with Crippen LogP contribution in [-0.2, 0) is 5.75 Å². The molecular formula is C11H14O3S. The zero-order valence-corrected chi connectivity index (χ0v) is 9.81. The van der Waals surface area contributed by atoms with Crippen LogP contribution in [0, 0.1) is 6.92 Å². The van der Waals surface area contributed by atoms with Crippen molar-refractivity contribution in [1.82, 2.24) is 0 Å². The summed E-state index contributed by atoms with van der Waals surface area (Å²) in [7, 11) is 0. The molecule has 0 spiro atoms. The minimum atomic E-state index is -0.196. The predicted molar refractivity (Wildman–Crippen MR) is 61.7 cm³/mol. The van der Waals surface area contributed by atoms with Gasteiger partial charge in [0.1, 0.15) is 11.5 Å². The number of hydrogen-bond donors (Lipinski definition) is 2. The van der Waals surface area contributed by atoms with Gasteiger partial charge in [-0.3, -0.25) is 4.79 Å². The number of carbonyl (C=O) groups is 1. The molecule has 2 N–H and O–H groups in total. The zero-order chi connectivity index (χ0) is 11.6. The highest BCUT2D eigenvalue weighted by atomic mass is 32.2. The minimum Gasteiger partial charge on any atom is -0.507 e. The molecule has 0 unspecified atom stereocenters. The van der Waals surface area contributed by atoms with Gasteiger partial charge in [-0.2, -0.15) is 11.8 Å². The molecule has 0 fully saturated rings. The van der Waals surface area contributed by atoms with Crippen LogP contribution in [0.4, 0.5) is 0 Å². The Labute approximate surface area is 93.1 Å². The molecule has 0 amide bonds. The number of phenols is 2. The van der Waals surface area contributed by atoms with Crippen molar-refractivity contribution in [1.29, 1.82) is 0 Å². The number of carbonyl (C=O) groups excluding carboxylic acids is 1. The number of Topliss-reactive ketones (excluding diaryl/α,β-unsaturated/α-hetero) is 1. The Bertz CT molecular complexity index is 399. The molecule has 1 rings (SSSR count). The lowest BCUT2D eigenvalue weighted by molar-refractivity contribution is 0.101. The lowest BCUT2D eigenvalue weighted by Crippen LogP contribution is -1.98. The molecule has 0 aliphatic heterocycles. The Morgan fingerprint density at radius 3 is 2.47 bits per heavy atom. The van der Waals surface area contributed by atoms with E-state index in [0.29, 0.717) is 16.9 Å². The second-order valence-corrected chi connectivity index (χ2v) is 4.27. The molecule has 0 aliphatic rings. The van der Waals surface area contributed by atoms with Crippen molar-refractivity contribution in [2.24, 2.45) is 0 Å². The molecular weight excluding hydrogens is 212 g/mol. The van der Waals surface area contributed by atoms with E-state index >= 15 is 0 Å². The number of rotatable bonds is 3. The molecule has 0 atom stereocenters. The Morgan fingerprint density at radius 1 is 1.40 bits per heavy atom. The first kappa shape index (κ1) is 11.9. The monoisotopic (exact) mass is 226 g/mol. The van der Waals surface area contributed by atoms with Crippen LogP contribution in [0.25, 0.3) is 0 Å². The van der Waals surface area contributed by atoms with Gasteiger partial charge in [-0.1, -0.05) is 0 Å². The number of aryl methyl sites for hydroxylation is 1. The van der Waals surface area contributed by atoms with E-state index in [1.807, 2.05) is 6.26 Å². The third-order valence-corrected chi connectivity index (χ3v) is 2.81.